The number of nitrogens with two attached hydrogens (primary N) is 1. The Morgan fingerprint density at radius 1 is 1.46 bits per heavy atom. The van der Waals surface area contributed by atoms with Gasteiger partial charge in [-0.2, -0.15) is 5.10 Å². The van der Waals surface area contributed by atoms with E-state index in [1.165, 1.54) is 0 Å². The minimum atomic E-state index is -0.811. The Hall–Kier alpha value is -0.920. The van der Waals surface area contributed by atoms with Gasteiger partial charge in [-0.25, -0.2) is 0 Å². The Balaban J connectivity index is 1.61. The molecular weight excluding hydrogens is 372 g/mol. The molecule has 2 unspecified atom stereocenters. The van der Waals surface area contributed by atoms with Gasteiger partial charge in [-0.15, -0.1) is 0 Å². The van der Waals surface area contributed by atoms with E-state index < -0.39 is 5.54 Å². The first-order valence-corrected chi connectivity index (χ1v) is 9.48. The third kappa shape index (κ3) is 2.80. The minimum Gasteiger partial charge on any atom is -0.378 e. The molecule has 2 fully saturated rings. The summed E-state index contributed by atoms with van der Waals surface area (Å²) >= 11 is 3.43. The van der Waals surface area contributed by atoms with Crippen LogP contribution in [0.25, 0.3) is 0 Å². The fourth-order valence-corrected chi connectivity index (χ4v) is 4.23. The van der Waals surface area contributed by atoms with E-state index in [1.807, 2.05) is 36.5 Å². The Morgan fingerprint density at radius 2 is 2.12 bits per heavy atom. The number of carbonyl (C=O) groups is 1. The van der Waals surface area contributed by atoms with Gasteiger partial charge in [-0.05, 0) is 35.7 Å². The molecule has 1 amide bonds. The second kappa shape index (κ2) is 6.42. The van der Waals surface area contributed by atoms with Crippen LogP contribution in [0, 0.1) is 5.41 Å². The third-order valence-corrected chi connectivity index (χ3v) is 6.32. The minimum absolute atomic E-state index is 0.0652. The van der Waals surface area contributed by atoms with E-state index >= 15 is 0 Å². The predicted octanol–water partition coefficient (Wildman–Crippen LogP) is 2.34. The fourth-order valence-electron chi connectivity index (χ4n) is 3.93. The number of nitrogens with zero attached hydrogens (tertiary/aromatic N) is 3. The van der Waals surface area contributed by atoms with Gasteiger partial charge >= 0.3 is 0 Å². The van der Waals surface area contributed by atoms with E-state index in [1.54, 1.807) is 6.20 Å². The van der Waals surface area contributed by atoms with Gasteiger partial charge in [0.25, 0.3) is 0 Å². The predicted molar refractivity (Wildman–Crippen MR) is 95.5 cm³/mol. The lowest BCUT2D eigenvalue weighted by molar-refractivity contribution is -0.180. The Labute approximate surface area is 151 Å². The molecule has 1 aromatic rings. The van der Waals surface area contributed by atoms with E-state index in [4.69, 9.17) is 10.5 Å². The lowest BCUT2D eigenvalue weighted by Crippen LogP contribution is -2.76. The number of ether oxygens (including phenoxy) is 1. The summed E-state index contributed by atoms with van der Waals surface area (Å²) in [4.78, 5) is 15.0. The van der Waals surface area contributed by atoms with Gasteiger partial charge in [-0.1, -0.05) is 13.8 Å². The average Bonchev–Trinajstić information content (AvgIpc) is 3.00. The van der Waals surface area contributed by atoms with Crippen LogP contribution in [0.2, 0.25) is 0 Å². The summed E-state index contributed by atoms with van der Waals surface area (Å²) in [5.41, 5.74) is 5.39. The van der Waals surface area contributed by atoms with Gasteiger partial charge < -0.3 is 15.4 Å². The molecule has 1 saturated heterocycles. The Bertz CT molecular complexity index is 609. The summed E-state index contributed by atoms with van der Waals surface area (Å²) in [6, 6.07) is 0.347. The van der Waals surface area contributed by atoms with Crippen LogP contribution < -0.4 is 5.73 Å². The molecule has 0 spiro atoms. The number of hydrogen-bond acceptors (Lipinski definition) is 4. The van der Waals surface area contributed by atoms with Crippen LogP contribution in [0.3, 0.4) is 0 Å². The number of amides is 1. The number of carbonyl (C=O) groups excluding carboxylic acids is 1. The Morgan fingerprint density at radius 3 is 2.62 bits per heavy atom. The maximum atomic E-state index is 13.0. The molecule has 2 aliphatic rings. The van der Waals surface area contributed by atoms with Crippen molar-refractivity contribution in [3.63, 3.8) is 0 Å². The zero-order valence-electron chi connectivity index (χ0n) is 14.7. The molecular formula is C17H27BrN4O2. The van der Waals surface area contributed by atoms with Crippen LogP contribution in [-0.2, 0) is 9.53 Å². The van der Waals surface area contributed by atoms with Crippen molar-refractivity contribution < 1.29 is 9.53 Å². The Kier molecular flexibility index (Phi) is 4.79. The van der Waals surface area contributed by atoms with E-state index in [-0.39, 0.29) is 17.4 Å². The van der Waals surface area contributed by atoms with Crippen LogP contribution in [0.4, 0.5) is 0 Å². The summed E-state index contributed by atoms with van der Waals surface area (Å²) in [5.74, 6) is 0.0727. The van der Waals surface area contributed by atoms with E-state index in [0.29, 0.717) is 19.1 Å². The molecule has 1 aliphatic heterocycles. The number of aromatic nitrogens is 2. The van der Waals surface area contributed by atoms with Crippen LogP contribution in [0.15, 0.2) is 16.9 Å². The summed E-state index contributed by atoms with van der Waals surface area (Å²) < 4.78 is 8.71. The summed E-state index contributed by atoms with van der Waals surface area (Å²) in [7, 11) is 0. The second-order valence-electron chi connectivity index (χ2n) is 7.50. The van der Waals surface area contributed by atoms with E-state index in [9.17, 15) is 4.79 Å². The van der Waals surface area contributed by atoms with Crippen LogP contribution in [-0.4, -0.2) is 51.9 Å². The van der Waals surface area contributed by atoms with Crippen molar-refractivity contribution in [3.05, 3.63) is 16.9 Å². The molecule has 6 nitrogen and oxygen atoms in total. The molecule has 134 valence electrons. The van der Waals surface area contributed by atoms with Crippen molar-refractivity contribution in [2.24, 2.45) is 11.1 Å². The van der Waals surface area contributed by atoms with Crippen molar-refractivity contribution in [1.82, 2.24) is 14.7 Å². The highest BCUT2D eigenvalue weighted by molar-refractivity contribution is 9.10. The van der Waals surface area contributed by atoms with Crippen molar-refractivity contribution in [3.8, 4) is 0 Å². The standard InChI is InChI=1S/C17H27BrN4O2/c1-4-24-14-9-17(19,16(14,2)3)15(23)21-7-5-13(6-8-21)22-11-12(18)10-20-22/h10-11,13-14H,4-9,19H2,1-3H3. The van der Waals surface area contributed by atoms with Gasteiger partial charge in [0.05, 0.1) is 22.8 Å². The summed E-state index contributed by atoms with van der Waals surface area (Å²) in [6.45, 7) is 8.19. The molecule has 2 N–H and O–H groups in total. The van der Waals surface area contributed by atoms with E-state index in [2.05, 4.69) is 21.0 Å². The second-order valence-corrected chi connectivity index (χ2v) is 8.42. The van der Waals surface area contributed by atoms with Crippen LogP contribution in [0.1, 0.15) is 46.1 Å². The molecule has 24 heavy (non-hydrogen) atoms. The monoisotopic (exact) mass is 398 g/mol. The number of hydrogen-bond donors (Lipinski definition) is 1. The molecule has 0 radical (unpaired) electrons. The number of halogens is 1. The molecule has 3 rings (SSSR count). The van der Waals surface area contributed by atoms with Crippen molar-refractivity contribution in [2.75, 3.05) is 19.7 Å². The van der Waals surface area contributed by atoms with Gasteiger partial charge in [0.2, 0.25) is 5.91 Å². The van der Waals surface area contributed by atoms with Crippen molar-refractivity contribution in [2.45, 2.75) is 57.7 Å². The topological polar surface area (TPSA) is 73.4 Å². The first-order chi connectivity index (χ1) is 11.3. The molecule has 1 aliphatic carbocycles. The highest BCUT2D eigenvalue weighted by Crippen LogP contribution is 2.50. The summed E-state index contributed by atoms with van der Waals surface area (Å²) in [6.07, 6.45) is 6.29. The highest BCUT2D eigenvalue weighted by Gasteiger charge is 2.63. The quantitative estimate of drug-likeness (QED) is 0.844. The molecule has 1 saturated carbocycles. The zero-order valence-corrected chi connectivity index (χ0v) is 16.3. The first-order valence-electron chi connectivity index (χ1n) is 8.69. The molecule has 2 heterocycles. The van der Waals surface area contributed by atoms with Crippen molar-refractivity contribution in [1.29, 1.82) is 0 Å². The highest BCUT2D eigenvalue weighted by atomic mass is 79.9. The molecule has 0 aromatic carbocycles. The maximum absolute atomic E-state index is 13.0. The smallest absolute Gasteiger partial charge is 0.243 e. The normalized spacial score (nSPS) is 30.2. The molecule has 1 aromatic heterocycles. The fraction of sp³-hybridized carbons (Fsp3) is 0.765. The van der Waals surface area contributed by atoms with Gasteiger partial charge in [0, 0.05) is 37.7 Å². The zero-order chi connectivity index (χ0) is 17.5. The largest absolute Gasteiger partial charge is 0.378 e. The van der Waals surface area contributed by atoms with Crippen LogP contribution >= 0.6 is 15.9 Å². The van der Waals surface area contributed by atoms with E-state index in [0.717, 1.165) is 30.4 Å². The SMILES string of the molecule is CCOC1CC(N)(C(=O)N2CCC(n3cc(Br)cn3)CC2)C1(C)C. The summed E-state index contributed by atoms with van der Waals surface area (Å²) in [5, 5.41) is 4.36. The molecule has 7 heteroatoms. The van der Waals surface area contributed by atoms with Gasteiger partial charge in [0.1, 0.15) is 5.54 Å². The first kappa shape index (κ1) is 17.9. The maximum Gasteiger partial charge on any atom is 0.243 e. The number of likely N-dealkylation sites (tertiary alicyclic amines) is 1. The third-order valence-electron chi connectivity index (χ3n) is 5.91. The lowest BCUT2D eigenvalue weighted by atomic mass is 9.54. The average molecular weight is 399 g/mol. The van der Waals surface area contributed by atoms with Gasteiger partial charge in [0.15, 0.2) is 0 Å². The lowest BCUT2D eigenvalue weighted by Gasteiger charge is -2.59. The molecule has 2 atom stereocenters. The molecule has 0 bridgehead atoms. The van der Waals surface area contributed by atoms with Crippen molar-refractivity contribution >= 4 is 21.8 Å². The number of piperidine rings is 1. The van der Waals surface area contributed by atoms with Gasteiger partial charge in [-0.3, -0.25) is 9.48 Å². The van der Waals surface area contributed by atoms with Crippen LogP contribution in [0.5, 0.6) is 0 Å². The number of rotatable bonds is 4.